The lowest BCUT2D eigenvalue weighted by Crippen LogP contribution is -2.61. The average molecular weight is 391 g/mol. The summed E-state index contributed by atoms with van der Waals surface area (Å²) in [4.78, 5) is 12.6. The Morgan fingerprint density at radius 2 is 2.04 bits per heavy atom. The number of benzene rings is 1. The SMILES string of the molecule is O=C(c1ccccc1Br)N1N=C2CCCCC2C1(O)C(F)(F)F. The van der Waals surface area contributed by atoms with Gasteiger partial charge in [0.1, 0.15) is 0 Å². The van der Waals surface area contributed by atoms with Crippen LogP contribution in [0.3, 0.4) is 0 Å². The third kappa shape index (κ3) is 2.48. The van der Waals surface area contributed by atoms with Crippen LogP contribution in [0.15, 0.2) is 33.8 Å². The van der Waals surface area contributed by atoms with E-state index in [4.69, 9.17) is 0 Å². The zero-order chi connectivity index (χ0) is 16.8. The molecule has 2 unspecified atom stereocenters. The number of aliphatic hydroxyl groups is 1. The number of hydrogen-bond acceptors (Lipinski definition) is 3. The van der Waals surface area contributed by atoms with E-state index >= 15 is 0 Å². The maximum atomic E-state index is 13.6. The molecular formula is C15H14BrF3N2O2. The van der Waals surface area contributed by atoms with Crippen molar-refractivity contribution in [1.82, 2.24) is 5.01 Å². The van der Waals surface area contributed by atoms with Crippen molar-refractivity contribution in [3.05, 3.63) is 34.3 Å². The van der Waals surface area contributed by atoms with Crippen molar-refractivity contribution >= 4 is 27.5 Å². The van der Waals surface area contributed by atoms with Crippen LogP contribution in [0, 0.1) is 5.92 Å². The van der Waals surface area contributed by atoms with E-state index < -0.39 is 23.7 Å². The highest BCUT2D eigenvalue weighted by molar-refractivity contribution is 9.10. The quantitative estimate of drug-likeness (QED) is 0.794. The summed E-state index contributed by atoms with van der Waals surface area (Å²) < 4.78 is 41.2. The van der Waals surface area contributed by atoms with Gasteiger partial charge in [-0.1, -0.05) is 18.6 Å². The smallest absolute Gasteiger partial charge is 0.362 e. The molecule has 2 atom stereocenters. The van der Waals surface area contributed by atoms with Crippen LogP contribution in [-0.4, -0.2) is 33.6 Å². The largest absolute Gasteiger partial charge is 0.439 e. The second-order valence-electron chi connectivity index (χ2n) is 5.71. The molecule has 3 rings (SSSR count). The summed E-state index contributed by atoms with van der Waals surface area (Å²) in [6.07, 6.45) is -3.19. The lowest BCUT2D eigenvalue weighted by atomic mass is 9.80. The van der Waals surface area contributed by atoms with E-state index in [0.717, 1.165) is 0 Å². The minimum absolute atomic E-state index is 0.0261. The predicted molar refractivity (Wildman–Crippen MR) is 80.7 cm³/mol. The summed E-state index contributed by atoms with van der Waals surface area (Å²) in [7, 11) is 0. The second kappa shape index (κ2) is 5.59. The van der Waals surface area contributed by atoms with Crippen LogP contribution in [0.5, 0.6) is 0 Å². The first-order chi connectivity index (χ1) is 10.8. The first-order valence-electron chi connectivity index (χ1n) is 7.22. The van der Waals surface area contributed by atoms with Crippen LogP contribution in [-0.2, 0) is 0 Å². The van der Waals surface area contributed by atoms with Crippen molar-refractivity contribution in [2.75, 3.05) is 0 Å². The van der Waals surface area contributed by atoms with E-state index in [2.05, 4.69) is 21.0 Å². The lowest BCUT2D eigenvalue weighted by Gasteiger charge is -2.38. The monoisotopic (exact) mass is 390 g/mol. The number of halogens is 4. The topological polar surface area (TPSA) is 52.9 Å². The number of carbonyl (C=O) groups excluding carboxylic acids is 1. The fourth-order valence-corrected chi connectivity index (χ4v) is 3.62. The normalized spacial score (nSPS) is 27.6. The number of rotatable bonds is 1. The molecule has 0 aromatic heterocycles. The van der Waals surface area contributed by atoms with Crippen molar-refractivity contribution in [2.45, 2.75) is 37.6 Å². The lowest BCUT2D eigenvalue weighted by molar-refractivity contribution is -0.312. The van der Waals surface area contributed by atoms with E-state index in [1.807, 2.05) is 0 Å². The molecule has 2 aliphatic rings. The van der Waals surface area contributed by atoms with Gasteiger partial charge in [-0.25, -0.2) is 0 Å². The van der Waals surface area contributed by atoms with E-state index in [-0.39, 0.29) is 22.7 Å². The van der Waals surface area contributed by atoms with Crippen molar-refractivity contribution in [2.24, 2.45) is 11.0 Å². The van der Waals surface area contributed by atoms with Crippen LogP contribution < -0.4 is 0 Å². The number of hydrogen-bond donors (Lipinski definition) is 1. The fourth-order valence-electron chi connectivity index (χ4n) is 3.17. The Bertz CT molecular complexity index is 677. The highest BCUT2D eigenvalue weighted by Crippen LogP contribution is 2.48. The number of hydrazone groups is 1. The Labute approximate surface area is 139 Å². The molecule has 0 saturated heterocycles. The Balaban J connectivity index is 2.07. The summed E-state index contributed by atoms with van der Waals surface area (Å²) in [6.45, 7) is 0. The van der Waals surface area contributed by atoms with Gasteiger partial charge >= 0.3 is 6.18 Å². The van der Waals surface area contributed by atoms with Crippen LogP contribution >= 0.6 is 15.9 Å². The number of carbonyl (C=O) groups is 1. The van der Waals surface area contributed by atoms with Crippen LogP contribution in [0.4, 0.5) is 13.2 Å². The molecule has 0 spiro atoms. The predicted octanol–water partition coefficient (Wildman–Crippen LogP) is 3.70. The van der Waals surface area contributed by atoms with Gasteiger partial charge in [0.25, 0.3) is 11.6 Å². The second-order valence-corrected chi connectivity index (χ2v) is 6.56. The van der Waals surface area contributed by atoms with Gasteiger partial charge in [0, 0.05) is 10.2 Å². The van der Waals surface area contributed by atoms with Gasteiger partial charge in [-0.3, -0.25) is 4.79 Å². The van der Waals surface area contributed by atoms with Gasteiger partial charge in [0.05, 0.1) is 11.5 Å². The Morgan fingerprint density at radius 3 is 2.70 bits per heavy atom. The third-order valence-electron chi connectivity index (χ3n) is 4.33. The number of nitrogens with zero attached hydrogens (tertiary/aromatic N) is 2. The van der Waals surface area contributed by atoms with Gasteiger partial charge in [-0.15, -0.1) is 0 Å². The van der Waals surface area contributed by atoms with Crippen LogP contribution in [0.25, 0.3) is 0 Å². The molecule has 124 valence electrons. The van der Waals surface area contributed by atoms with E-state index in [9.17, 15) is 23.1 Å². The zero-order valence-corrected chi connectivity index (χ0v) is 13.6. The molecule has 4 nitrogen and oxygen atoms in total. The molecule has 1 aromatic carbocycles. The van der Waals surface area contributed by atoms with Crippen molar-refractivity contribution < 1.29 is 23.1 Å². The van der Waals surface area contributed by atoms with Crippen molar-refractivity contribution in [3.8, 4) is 0 Å². The van der Waals surface area contributed by atoms with Gasteiger partial charge in [0.15, 0.2) is 0 Å². The van der Waals surface area contributed by atoms with E-state index in [1.54, 1.807) is 18.2 Å². The highest BCUT2D eigenvalue weighted by Gasteiger charge is 2.68. The molecule has 1 aromatic rings. The van der Waals surface area contributed by atoms with Crippen molar-refractivity contribution in [1.29, 1.82) is 0 Å². The van der Waals surface area contributed by atoms with Crippen LogP contribution in [0.1, 0.15) is 36.0 Å². The summed E-state index contributed by atoms with van der Waals surface area (Å²) in [5, 5.41) is 14.5. The molecule has 1 heterocycles. The first kappa shape index (κ1) is 16.4. The Morgan fingerprint density at radius 1 is 1.35 bits per heavy atom. The van der Waals surface area contributed by atoms with Gasteiger partial charge < -0.3 is 5.11 Å². The minimum Gasteiger partial charge on any atom is -0.362 e. The summed E-state index contributed by atoms with van der Waals surface area (Å²) >= 11 is 3.15. The Hall–Kier alpha value is -1.41. The summed E-state index contributed by atoms with van der Waals surface area (Å²) in [6, 6.07) is 6.13. The minimum atomic E-state index is -4.99. The molecular weight excluding hydrogens is 377 g/mol. The molecule has 0 radical (unpaired) electrons. The molecule has 1 aliphatic carbocycles. The molecule has 1 aliphatic heterocycles. The fraction of sp³-hybridized carbons (Fsp3) is 0.467. The molecule has 1 fully saturated rings. The number of amides is 1. The van der Waals surface area contributed by atoms with E-state index in [0.29, 0.717) is 23.7 Å². The third-order valence-corrected chi connectivity index (χ3v) is 5.02. The van der Waals surface area contributed by atoms with Gasteiger partial charge in [-0.2, -0.15) is 23.3 Å². The maximum Gasteiger partial charge on any atom is 0.439 e. The number of alkyl halides is 3. The molecule has 1 N–H and O–H groups in total. The number of fused-ring (bicyclic) bond motifs is 1. The Kier molecular flexibility index (Phi) is 4.00. The molecule has 8 heteroatoms. The van der Waals surface area contributed by atoms with Gasteiger partial charge in [0.2, 0.25) is 0 Å². The standard InChI is InChI=1S/C15H14BrF3N2O2/c16-11-7-3-1-5-9(11)13(22)21-14(23,15(17,18)19)10-6-2-4-8-12(10)20-21/h1,3,5,7,10,23H,2,4,6,8H2. The van der Waals surface area contributed by atoms with Crippen molar-refractivity contribution in [3.63, 3.8) is 0 Å². The highest BCUT2D eigenvalue weighted by atomic mass is 79.9. The zero-order valence-electron chi connectivity index (χ0n) is 12.0. The molecule has 1 saturated carbocycles. The summed E-state index contributed by atoms with van der Waals surface area (Å²) in [5.41, 5.74) is -3.01. The maximum absolute atomic E-state index is 13.6. The molecule has 23 heavy (non-hydrogen) atoms. The van der Waals surface area contributed by atoms with E-state index in [1.165, 1.54) is 6.07 Å². The summed E-state index contributed by atoms with van der Waals surface area (Å²) in [5.74, 6) is -2.16. The molecule has 1 amide bonds. The van der Waals surface area contributed by atoms with Crippen LogP contribution in [0.2, 0.25) is 0 Å². The first-order valence-corrected chi connectivity index (χ1v) is 8.01. The van der Waals surface area contributed by atoms with Gasteiger partial charge in [-0.05, 0) is 47.3 Å². The molecule has 0 bridgehead atoms. The average Bonchev–Trinajstić information content (AvgIpc) is 2.82.